The zero-order chi connectivity index (χ0) is 14.8. The number of hydrogen-bond acceptors (Lipinski definition) is 4. The van der Waals surface area contributed by atoms with Gasteiger partial charge in [-0.1, -0.05) is 30.0 Å². The van der Waals surface area contributed by atoms with Crippen molar-refractivity contribution >= 4 is 22.9 Å². The van der Waals surface area contributed by atoms with Gasteiger partial charge in [0, 0.05) is 27.7 Å². The van der Waals surface area contributed by atoms with Gasteiger partial charge in [-0.3, -0.25) is 4.98 Å². The van der Waals surface area contributed by atoms with E-state index in [2.05, 4.69) is 22.1 Å². The Labute approximate surface area is 132 Å². The molecular weight excluding hydrogens is 292 g/mol. The number of benzene rings is 2. The molecule has 0 spiro atoms. The molecule has 0 bridgehead atoms. The van der Waals surface area contributed by atoms with Crippen molar-refractivity contribution in [1.82, 2.24) is 9.97 Å². The maximum Gasteiger partial charge on any atom is 0.227 e. The van der Waals surface area contributed by atoms with Crippen LogP contribution in [0.25, 0.3) is 22.6 Å². The van der Waals surface area contributed by atoms with E-state index >= 15 is 0 Å². The standard InChI is InChI=1S/C18H12N2OS/c1-2-7-17-16(6-1)20-18(21-17)13-4-3-5-15(12-13)22-14-8-10-19-11-9-14/h1-12H. The lowest BCUT2D eigenvalue weighted by Gasteiger charge is -2.02. The van der Waals surface area contributed by atoms with Crippen molar-refractivity contribution in [3.63, 3.8) is 0 Å². The Kier molecular flexibility index (Phi) is 3.37. The largest absolute Gasteiger partial charge is 0.436 e. The van der Waals surface area contributed by atoms with Crippen molar-refractivity contribution < 1.29 is 4.42 Å². The molecule has 2 aromatic heterocycles. The van der Waals surface area contributed by atoms with Crippen LogP contribution in [0.15, 0.2) is 87.3 Å². The van der Waals surface area contributed by atoms with Crippen LogP contribution in [0.5, 0.6) is 0 Å². The van der Waals surface area contributed by atoms with E-state index in [-0.39, 0.29) is 0 Å². The van der Waals surface area contributed by atoms with Gasteiger partial charge in [0.15, 0.2) is 5.58 Å². The first-order valence-electron chi connectivity index (χ1n) is 6.92. The predicted octanol–water partition coefficient (Wildman–Crippen LogP) is 5.04. The lowest BCUT2D eigenvalue weighted by Crippen LogP contribution is -1.79. The first-order chi connectivity index (χ1) is 10.9. The van der Waals surface area contributed by atoms with Crippen molar-refractivity contribution in [2.75, 3.05) is 0 Å². The maximum atomic E-state index is 5.83. The molecule has 0 aliphatic rings. The molecule has 22 heavy (non-hydrogen) atoms. The van der Waals surface area contributed by atoms with Gasteiger partial charge in [-0.05, 0) is 42.5 Å². The molecule has 4 aromatic rings. The second kappa shape index (κ2) is 5.66. The fourth-order valence-corrected chi connectivity index (χ4v) is 3.09. The summed E-state index contributed by atoms with van der Waals surface area (Å²) in [6.07, 6.45) is 3.60. The molecule has 0 atom stereocenters. The molecule has 0 aliphatic heterocycles. The van der Waals surface area contributed by atoms with Gasteiger partial charge in [0.05, 0.1) is 0 Å². The summed E-state index contributed by atoms with van der Waals surface area (Å²) in [5, 5.41) is 0. The lowest BCUT2D eigenvalue weighted by molar-refractivity contribution is 0.619. The highest BCUT2D eigenvalue weighted by atomic mass is 32.2. The number of nitrogens with zero attached hydrogens (tertiary/aromatic N) is 2. The molecule has 106 valence electrons. The Bertz CT molecular complexity index is 885. The zero-order valence-corrected chi connectivity index (χ0v) is 12.5. The molecular formula is C18H12N2OS. The average Bonchev–Trinajstić information content (AvgIpc) is 3.00. The van der Waals surface area contributed by atoms with Gasteiger partial charge in [-0.15, -0.1) is 0 Å². The van der Waals surface area contributed by atoms with Crippen molar-refractivity contribution in [3.05, 3.63) is 73.1 Å². The van der Waals surface area contributed by atoms with Gasteiger partial charge in [0.25, 0.3) is 0 Å². The van der Waals surface area contributed by atoms with Crippen LogP contribution in [-0.2, 0) is 0 Å². The van der Waals surface area contributed by atoms with E-state index in [1.807, 2.05) is 48.5 Å². The summed E-state index contributed by atoms with van der Waals surface area (Å²) in [5.41, 5.74) is 2.67. The van der Waals surface area contributed by atoms with Crippen molar-refractivity contribution in [1.29, 1.82) is 0 Å². The van der Waals surface area contributed by atoms with E-state index in [1.165, 1.54) is 0 Å². The fourth-order valence-electron chi connectivity index (χ4n) is 2.23. The molecule has 0 radical (unpaired) electrons. The number of fused-ring (bicyclic) bond motifs is 1. The molecule has 2 heterocycles. The SMILES string of the molecule is c1cc(Sc2ccncc2)cc(-c2nc3ccccc3o2)c1. The predicted molar refractivity (Wildman–Crippen MR) is 87.8 cm³/mol. The molecule has 0 fully saturated rings. The Morgan fingerprint density at radius 3 is 2.55 bits per heavy atom. The maximum absolute atomic E-state index is 5.83. The van der Waals surface area contributed by atoms with Crippen LogP contribution < -0.4 is 0 Å². The molecule has 2 aromatic carbocycles. The minimum absolute atomic E-state index is 0.651. The third-order valence-electron chi connectivity index (χ3n) is 3.26. The summed E-state index contributed by atoms with van der Waals surface area (Å²) < 4.78 is 5.83. The van der Waals surface area contributed by atoms with Crippen LogP contribution >= 0.6 is 11.8 Å². The van der Waals surface area contributed by atoms with Crippen LogP contribution in [0.3, 0.4) is 0 Å². The van der Waals surface area contributed by atoms with Gasteiger partial charge < -0.3 is 4.42 Å². The Balaban J connectivity index is 1.69. The zero-order valence-electron chi connectivity index (χ0n) is 11.6. The molecule has 0 aliphatic carbocycles. The van der Waals surface area contributed by atoms with E-state index in [1.54, 1.807) is 24.2 Å². The molecule has 0 unspecified atom stereocenters. The highest BCUT2D eigenvalue weighted by Crippen LogP contribution is 2.31. The lowest BCUT2D eigenvalue weighted by atomic mass is 10.2. The normalized spacial score (nSPS) is 10.9. The number of aromatic nitrogens is 2. The minimum atomic E-state index is 0.651. The molecule has 4 rings (SSSR count). The minimum Gasteiger partial charge on any atom is -0.436 e. The van der Waals surface area contributed by atoms with Gasteiger partial charge >= 0.3 is 0 Å². The van der Waals surface area contributed by atoms with E-state index in [0.717, 1.165) is 26.5 Å². The highest BCUT2D eigenvalue weighted by molar-refractivity contribution is 7.99. The van der Waals surface area contributed by atoms with Crippen LogP contribution in [0, 0.1) is 0 Å². The molecule has 0 N–H and O–H groups in total. The van der Waals surface area contributed by atoms with Gasteiger partial charge in [-0.25, -0.2) is 4.98 Å². The third kappa shape index (κ3) is 2.61. The topological polar surface area (TPSA) is 38.9 Å². The first kappa shape index (κ1) is 13.1. The van der Waals surface area contributed by atoms with Crippen LogP contribution in [0.1, 0.15) is 0 Å². The summed E-state index contributed by atoms with van der Waals surface area (Å²) >= 11 is 1.69. The average molecular weight is 304 g/mol. The van der Waals surface area contributed by atoms with Crippen molar-refractivity contribution in [2.45, 2.75) is 9.79 Å². The Morgan fingerprint density at radius 1 is 0.818 bits per heavy atom. The van der Waals surface area contributed by atoms with Crippen LogP contribution in [-0.4, -0.2) is 9.97 Å². The summed E-state index contributed by atoms with van der Waals surface area (Å²) in [7, 11) is 0. The monoisotopic (exact) mass is 304 g/mol. The van der Waals surface area contributed by atoms with Crippen LogP contribution in [0.2, 0.25) is 0 Å². The number of pyridine rings is 1. The summed E-state index contributed by atoms with van der Waals surface area (Å²) in [4.78, 5) is 10.9. The number of hydrogen-bond donors (Lipinski definition) is 0. The quantitative estimate of drug-likeness (QED) is 0.531. The van der Waals surface area contributed by atoms with E-state index in [4.69, 9.17) is 4.42 Å². The van der Waals surface area contributed by atoms with Crippen molar-refractivity contribution in [2.24, 2.45) is 0 Å². The van der Waals surface area contributed by atoms with E-state index in [9.17, 15) is 0 Å². The number of rotatable bonds is 3. The molecule has 0 saturated heterocycles. The molecule has 0 amide bonds. The molecule has 4 heteroatoms. The molecule has 3 nitrogen and oxygen atoms in total. The Morgan fingerprint density at radius 2 is 1.68 bits per heavy atom. The number of oxazole rings is 1. The fraction of sp³-hybridized carbons (Fsp3) is 0. The van der Waals surface area contributed by atoms with Gasteiger partial charge in [0.2, 0.25) is 5.89 Å². The first-order valence-corrected chi connectivity index (χ1v) is 7.74. The second-order valence-electron chi connectivity index (χ2n) is 4.80. The highest BCUT2D eigenvalue weighted by Gasteiger charge is 2.08. The molecule has 0 saturated carbocycles. The van der Waals surface area contributed by atoms with Crippen molar-refractivity contribution in [3.8, 4) is 11.5 Å². The van der Waals surface area contributed by atoms with Gasteiger partial charge in [0.1, 0.15) is 5.52 Å². The second-order valence-corrected chi connectivity index (χ2v) is 5.95. The summed E-state index contributed by atoms with van der Waals surface area (Å²) in [6.45, 7) is 0. The smallest absolute Gasteiger partial charge is 0.227 e. The van der Waals surface area contributed by atoms with Gasteiger partial charge in [-0.2, -0.15) is 0 Å². The summed E-state index contributed by atoms with van der Waals surface area (Å²) in [5.74, 6) is 0.651. The summed E-state index contributed by atoms with van der Waals surface area (Å²) in [6, 6.07) is 20.0. The van der Waals surface area contributed by atoms with E-state index < -0.39 is 0 Å². The van der Waals surface area contributed by atoms with Crippen LogP contribution in [0.4, 0.5) is 0 Å². The third-order valence-corrected chi connectivity index (χ3v) is 4.26. The Hall–Kier alpha value is -2.59. The number of para-hydroxylation sites is 2. The van der Waals surface area contributed by atoms with E-state index in [0.29, 0.717) is 5.89 Å².